The van der Waals surface area contributed by atoms with Crippen LogP contribution in [0.25, 0.3) is 0 Å². The molecule has 0 aliphatic heterocycles. The van der Waals surface area contributed by atoms with Gasteiger partial charge in [0.05, 0.1) is 0 Å². The van der Waals surface area contributed by atoms with Gasteiger partial charge in [0.25, 0.3) is 0 Å². The van der Waals surface area contributed by atoms with Crippen LogP contribution in [0.4, 0.5) is 0 Å². The molecule has 1 saturated carbocycles. The lowest BCUT2D eigenvalue weighted by atomic mass is 9.90. The van der Waals surface area contributed by atoms with Crippen LogP contribution in [-0.2, 0) is 12.8 Å². The summed E-state index contributed by atoms with van der Waals surface area (Å²) in [5, 5.41) is 0. The minimum Gasteiger partial charge on any atom is -0.0956 e. The summed E-state index contributed by atoms with van der Waals surface area (Å²) < 4.78 is 0. The summed E-state index contributed by atoms with van der Waals surface area (Å²) in [6, 6.07) is 8.77. The molecule has 0 unspecified atom stereocenters. The van der Waals surface area contributed by atoms with Crippen LogP contribution >= 0.6 is 0 Å². The third-order valence-corrected chi connectivity index (χ3v) is 4.55. The first kappa shape index (κ1) is 24.4. The molecule has 2 aliphatic rings. The Hall–Kier alpha value is -1.56. The van der Waals surface area contributed by atoms with Crippen LogP contribution in [0.1, 0.15) is 84.8 Å². The molecule has 26 heavy (non-hydrogen) atoms. The van der Waals surface area contributed by atoms with Crippen LogP contribution in [0.15, 0.2) is 60.2 Å². The number of rotatable bonds is 2. The fraction of sp³-hybridized carbons (Fsp3) is 0.538. The van der Waals surface area contributed by atoms with Crippen molar-refractivity contribution in [3.63, 3.8) is 0 Å². The van der Waals surface area contributed by atoms with Crippen LogP contribution in [0, 0.1) is 5.92 Å². The van der Waals surface area contributed by atoms with E-state index in [4.69, 9.17) is 0 Å². The topological polar surface area (TPSA) is 0 Å². The van der Waals surface area contributed by atoms with Gasteiger partial charge in [-0.25, -0.2) is 0 Å². The molecule has 0 nitrogen and oxygen atoms in total. The van der Waals surface area contributed by atoms with Gasteiger partial charge >= 0.3 is 0 Å². The van der Waals surface area contributed by atoms with Gasteiger partial charge in [0.15, 0.2) is 0 Å². The first-order chi connectivity index (χ1) is 12.7. The molecule has 3 rings (SSSR count). The van der Waals surface area contributed by atoms with E-state index in [1.165, 1.54) is 49.7 Å². The van der Waals surface area contributed by atoms with Gasteiger partial charge in [-0.3, -0.25) is 0 Å². The van der Waals surface area contributed by atoms with E-state index in [1.807, 2.05) is 27.7 Å². The first-order valence-electron chi connectivity index (χ1n) is 10.8. The minimum absolute atomic E-state index is 0.873. The van der Waals surface area contributed by atoms with Crippen LogP contribution in [0.2, 0.25) is 0 Å². The zero-order valence-electron chi connectivity index (χ0n) is 18.3. The van der Waals surface area contributed by atoms with Gasteiger partial charge in [-0.05, 0) is 67.6 Å². The van der Waals surface area contributed by atoms with E-state index in [-0.39, 0.29) is 0 Å². The Balaban J connectivity index is 0.000000407. The van der Waals surface area contributed by atoms with E-state index in [0.29, 0.717) is 0 Å². The average Bonchev–Trinajstić information content (AvgIpc) is 3.07. The zero-order valence-corrected chi connectivity index (χ0v) is 18.3. The smallest absolute Gasteiger partial charge is 0.0247 e. The van der Waals surface area contributed by atoms with Gasteiger partial charge in [-0.2, -0.15) is 0 Å². The molecule has 1 aromatic carbocycles. The van der Waals surface area contributed by atoms with E-state index in [0.717, 1.165) is 12.3 Å². The van der Waals surface area contributed by atoms with Gasteiger partial charge in [-0.15, -0.1) is 0 Å². The lowest BCUT2D eigenvalue weighted by Gasteiger charge is -2.15. The Morgan fingerprint density at radius 2 is 1.50 bits per heavy atom. The van der Waals surface area contributed by atoms with E-state index in [1.54, 1.807) is 11.1 Å². The minimum atomic E-state index is 0.873. The maximum absolute atomic E-state index is 4.07. The van der Waals surface area contributed by atoms with Crippen LogP contribution < -0.4 is 0 Å². The highest BCUT2D eigenvalue weighted by atomic mass is 14.2. The number of hydrogen-bond donors (Lipinski definition) is 0. The van der Waals surface area contributed by atoms with Crippen molar-refractivity contribution in [2.24, 2.45) is 5.92 Å². The molecule has 0 N–H and O–H groups in total. The molecule has 0 bridgehead atoms. The van der Waals surface area contributed by atoms with Crippen molar-refractivity contribution in [1.29, 1.82) is 0 Å². The summed E-state index contributed by atoms with van der Waals surface area (Å²) in [7, 11) is 0. The summed E-state index contributed by atoms with van der Waals surface area (Å²) in [6.45, 7) is 16.5. The number of benzene rings is 1. The summed E-state index contributed by atoms with van der Waals surface area (Å²) in [6.07, 6.45) is 15.4. The molecule has 0 spiro atoms. The molecule has 0 heteroatoms. The lowest BCUT2D eigenvalue weighted by molar-refractivity contribution is 0.628. The van der Waals surface area contributed by atoms with Crippen LogP contribution in [0.5, 0.6) is 0 Å². The summed E-state index contributed by atoms with van der Waals surface area (Å²) in [5.41, 5.74) is 5.94. The Labute approximate surface area is 164 Å². The maximum Gasteiger partial charge on any atom is -0.0247 e. The predicted octanol–water partition coefficient (Wildman–Crippen LogP) is 8.48. The Morgan fingerprint density at radius 3 is 2.00 bits per heavy atom. The largest absolute Gasteiger partial charge is 0.0956 e. The highest BCUT2D eigenvalue weighted by Crippen LogP contribution is 2.27. The molecule has 0 heterocycles. The second-order valence-electron chi connectivity index (χ2n) is 6.62. The Kier molecular flexibility index (Phi) is 14.7. The van der Waals surface area contributed by atoms with E-state index in [9.17, 15) is 0 Å². The third-order valence-electron chi connectivity index (χ3n) is 4.55. The standard InChI is InChI=1S/C12H18.C10H12.2C2H6/c1-3-4-5-9-12-10-7-6-8-11(12)2;1-8-6-9-4-2-3-5-10(9)7-8;2*1-2/h4-5,9H,2-3,6-8,10H2,1H3;2-5,8H,6-7H2,1H3;2*1-2H3/b5-4-,12-9-;;;. The van der Waals surface area contributed by atoms with E-state index in [2.05, 4.69) is 62.9 Å². The molecule has 1 aromatic rings. The molecule has 0 radical (unpaired) electrons. The van der Waals surface area contributed by atoms with Gasteiger partial charge in [0, 0.05) is 0 Å². The van der Waals surface area contributed by atoms with Crippen molar-refractivity contribution in [3.05, 3.63) is 71.3 Å². The molecule has 0 aromatic heterocycles. The number of hydrogen-bond acceptors (Lipinski definition) is 0. The van der Waals surface area contributed by atoms with E-state index < -0.39 is 0 Å². The molecule has 146 valence electrons. The molecule has 0 saturated heterocycles. The van der Waals surface area contributed by atoms with Crippen molar-refractivity contribution in [1.82, 2.24) is 0 Å². The highest BCUT2D eigenvalue weighted by Gasteiger charge is 2.15. The fourth-order valence-corrected chi connectivity index (χ4v) is 3.29. The first-order valence-corrected chi connectivity index (χ1v) is 10.8. The third kappa shape index (κ3) is 9.22. The van der Waals surface area contributed by atoms with Crippen molar-refractivity contribution < 1.29 is 0 Å². The Morgan fingerprint density at radius 1 is 0.962 bits per heavy atom. The predicted molar refractivity (Wildman–Crippen MR) is 121 cm³/mol. The van der Waals surface area contributed by atoms with Crippen LogP contribution in [0.3, 0.4) is 0 Å². The van der Waals surface area contributed by atoms with Crippen molar-refractivity contribution in [3.8, 4) is 0 Å². The molecular weight excluding hydrogens is 312 g/mol. The SMILES string of the molecule is C=C1CCCC/C1=C/C=C\CC.CC.CC.CC1Cc2ccccc2C1. The molecular formula is C26H42. The lowest BCUT2D eigenvalue weighted by Crippen LogP contribution is -1.96. The quantitative estimate of drug-likeness (QED) is 0.499. The van der Waals surface area contributed by atoms with Gasteiger partial charge in [0.2, 0.25) is 0 Å². The van der Waals surface area contributed by atoms with Gasteiger partial charge in [0.1, 0.15) is 0 Å². The van der Waals surface area contributed by atoms with E-state index >= 15 is 0 Å². The number of allylic oxidation sites excluding steroid dienone is 5. The summed E-state index contributed by atoms with van der Waals surface area (Å²) in [4.78, 5) is 0. The van der Waals surface area contributed by atoms with Crippen molar-refractivity contribution in [2.45, 2.75) is 86.5 Å². The molecule has 0 amide bonds. The molecule has 1 fully saturated rings. The second-order valence-corrected chi connectivity index (χ2v) is 6.62. The zero-order chi connectivity index (χ0) is 19.8. The summed E-state index contributed by atoms with van der Waals surface area (Å²) in [5.74, 6) is 0.873. The van der Waals surface area contributed by atoms with Crippen molar-refractivity contribution >= 4 is 0 Å². The van der Waals surface area contributed by atoms with Gasteiger partial charge < -0.3 is 0 Å². The monoisotopic (exact) mass is 354 g/mol. The normalized spacial score (nSPS) is 17.5. The van der Waals surface area contributed by atoms with Gasteiger partial charge in [-0.1, -0.05) is 96.2 Å². The molecule has 0 atom stereocenters. The highest BCUT2D eigenvalue weighted by molar-refractivity contribution is 5.33. The maximum atomic E-state index is 4.07. The Bertz CT molecular complexity index is 520. The molecule has 2 aliphatic carbocycles. The van der Waals surface area contributed by atoms with Crippen LogP contribution in [-0.4, -0.2) is 0 Å². The fourth-order valence-electron chi connectivity index (χ4n) is 3.29. The average molecular weight is 355 g/mol. The van der Waals surface area contributed by atoms with Crippen molar-refractivity contribution in [2.75, 3.05) is 0 Å². The second kappa shape index (κ2) is 15.7. The number of fused-ring (bicyclic) bond motifs is 1. The summed E-state index contributed by atoms with van der Waals surface area (Å²) >= 11 is 0.